The van der Waals surface area contributed by atoms with Crippen molar-refractivity contribution in [2.45, 2.75) is 31.8 Å². The van der Waals surface area contributed by atoms with Crippen molar-refractivity contribution in [1.82, 2.24) is 9.78 Å². The molecular weight excluding hydrogens is 238 g/mol. The van der Waals surface area contributed by atoms with Crippen molar-refractivity contribution in [3.8, 4) is 5.75 Å². The Bertz CT molecular complexity index is 546. The van der Waals surface area contributed by atoms with E-state index in [1.54, 1.807) is 0 Å². The van der Waals surface area contributed by atoms with Crippen LogP contribution in [0.15, 0.2) is 36.5 Å². The molecular formula is C15H19N3O. The van der Waals surface area contributed by atoms with E-state index in [9.17, 15) is 0 Å². The fourth-order valence-corrected chi connectivity index (χ4v) is 2.16. The Labute approximate surface area is 113 Å². The van der Waals surface area contributed by atoms with Crippen molar-refractivity contribution < 1.29 is 4.74 Å². The highest BCUT2D eigenvalue weighted by molar-refractivity contribution is 5.32. The van der Waals surface area contributed by atoms with E-state index in [1.165, 1.54) is 18.5 Å². The summed E-state index contributed by atoms with van der Waals surface area (Å²) in [7, 11) is 0. The van der Waals surface area contributed by atoms with Gasteiger partial charge in [-0.05, 0) is 25.0 Å². The molecule has 19 heavy (non-hydrogen) atoms. The average Bonchev–Trinajstić information content (AvgIpc) is 3.19. The van der Waals surface area contributed by atoms with E-state index < -0.39 is 0 Å². The molecule has 1 heterocycles. The maximum atomic E-state index is 5.78. The Balaban J connectivity index is 1.54. The molecule has 0 bridgehead atoms. The van der Waals surface area contributed by atoms with E-state index in [4.69, 9.17) is 10.5 Å². The van der Waals surface area contributed by atoms with E-state index in [0.29, 0.717) is 19.1 Å². The first-order valence-corrected chi connectivity index (χ1v) is 6.81. The normalized spacial score (nSPS) is 14.6. The van der Waals surface area contributed by atoms with Gasteiger partial charge in [0.05, 0.1) is 12.2 Å². The second kappa shape index (κ2) is 5.45. The van der Waals surface area contributed by atoms with E-state index in [0.717, 1.165) is 17.9 Å². The number of aromatic nitrogens is 2. The third kappa shape index (κ3) is 2.96. The lowest BCUT2D eigenvalue weighted by atomic mass is 10.2. The fourth-order valence-electron chi connectivity index (χ4n) is 2.16. The molecule has 3 rings (SSSR count). The molecule has 4 heteroatoms. The number of hydrogen-bond donors (Lipinski definition) is 1. The van der Waals surface area contributed by atoms with Crippen LogP contribution in [0.4, 0.5) is 0 Å². The first-order chi connectivity index (χ1) is 9.36. The summed E-state index contributed by atoms with van der Waals surface area (Å²) in [5.41, 5.74) is 7.95. The van der Waals surface area contributed by atoms with E-state index >= 15 is 0 Å². The third-order valence-corrected chi connectivity index (χ3v) is 3.43. The summed E-state index contributed by atoms with van der Waals surface area (Å²) in [6.07, 6.45) is 4.61. The summed E-state index contributed by atoms with van der Waals surface area (Å²) >= 11 is 0. The van der Waals surface area contributed by atoms with Gasteiger partial charge in [0.25, 0.3) is 0 Å². The Kier molecular flexibility index (Phi) is 3.51. The van der Waals surface area contributed by atoms with Crippen LogP contribution in [0.25, 0.3) is 0 Å². The number of nitrogens with two attached hydrogens (primary N) is 1. The van der Waals surface area contributed by atoms with Crippen LogP contribution >= 0.6 is 0 Å². The second-order valence-corrected chi connectivity index (χ2v) is 4.94. The predicted octanol–water partition coefficient (Wildman–Crippen LogP) is 2.30. The van der Waals surface area contributed by atoms with Crippen LogP contribution in [0.1, 0.15) is 30.0 Å². The van der Waals surface area contributed by atoms with E-state index in [2.05, 4.69) is 11.2 Å². The van der Waals surface area contributed by atoms with Gasteiger partial charge in [0, 0.05) is 24.2 Å². The van der Waals surface area contributed by atoms with Gasteiger partial charge in [-0.15, -0.1) is 0 Å². The van der Waals surface area contributed by atoms with Gasteiger partial charge in [-0.3, -0.25) is 4.68 Å². The molecule has 1 aliphatic rings. The zero-order valence-corrected chi connectivity index (χ0v) is 11.0. The molecule has 2 N–H and O–H groups in total. The first-order valence-electron chi connectivity index (χ1n) is 6.81. The second-order valence-electron chi connectivity index (χ2n) is 4.94. The monoisotopic (exact) mass is 257 g/mol. The molecule has 0 saturated heterocycles. The van der Waals surface area contributed by atoms with Crippen molar-refractivity contribution in [1.29, 1.82) is 0 Å². The Morgan fingerprint density at radius 2 is 2.11 bits per heavy atom. The van der Waals surface area contributed by atoms with Crippen molar-refractivity contribution in [2.75, 3.05) is 6.61 Å². The predicted molar refractivity (Wildman–Crippen MR) is 74.0 cm³/mol. The maximum Gasteiger partial charge on any atom is 0.123 e. The van der Waals surface area contributed by atoms with Gasteiger partial charge >= 0.3 is 0 Å². The van der Waals surface area contributed by atoms with Crippen molar-refractivity contribution in [3.63, 3.8) is 0 Å². The summed E-state index contributed by atoms with van der Waals surface area (Å²) < 4.78 is 7.73. The van der Waals surface area contributed by atoms with Gasteiger partial charge in [0.1, 0.15) is 12.4 Å². The molecule has 0 spiro atoms. The zero-order chi connectivity index (χ0) is 13.1. The van der Waals surface area contributed by atoms with Crippen LogP contribution in [0, 0.1) is 0 Å². The van der Waals surface area contributed by atoms with Crippen molar-refractivity contribution in [2.24, 2.45) is 5.73 Å². The Morgan fingerprint density at radius 3 is 2.89 bits per heavy atom. The standard InChI is InChI=1S/C15H19N3O/c16-11-13-3-1-2-4-15(13)19-10-9-18-8-7-14(17-18)12-5-6-12/h1-4,7-8,12H,5-6,9-11,16H2. The lowest BCUT2D eigenvalue weighted by Gasteiger charge is -2.10. The molecule has 0 aliphatic heterocycles. The summed E-state index contributed by atoms with van der Waals surface area (Å²) in [5, 5.41) is 4.56. The van der Waals surface area contributed by atoms with Gasteiger partial charge in [0.15, 0.2) is 0 Å². The summed E-state index contributed by atoms with van der Waals surface area (Å²) in [5.74, 6) is 1.58. The van der Waals surface area contributed by atoms with Gasteiger partial charge in [-0.25, -0.2) is 0 Å². The van der Waals surface area contributed by atoms with E-state index in [1.807, 2.05) is 35.1 Å². The molecule has 4 nitrogen and oxygen atoms in total. The van der Waals surface area contributed by atoms with E-state index in [-0.39, 0.29) is 0 Å². The topological polar surface area (TPSA) is 53.1 Å². The Hall–Kier alpha value is -1.81. The molecule has 0 unspecified atom stereocenters. The molecule has 0 amide bonds. The highest BCUT2D eigenvalue weighted by Crippen LogP contribution is 2.38. The molecule has 1 saturated carbocycles. The lowest BCUT2D eigenvalue weighted by Crippen LogP contribution is -2.10. The van der Waals surface area contributed by atoms with Crippen LogP contribution in [-0.2, 0) is 13.1 Å². The summed E-state index contributed by atoms with van der Waals surface area (Å²) in [4.78, 5) is 0. The van der Waals surface area contributed by atoms with Crippen LogP contribution in [0.3, 0.4) is 0 Å². The maximum absolute atomic E-state index is 5.78. The Morgan fingerprint density at radius 1 is 1.26 bits per heavy atom. The molecule has 1 aliphatic carbocycles. The first kappa shape index (κ1) is 12.2. The van der Waals surface area contributed by atoms with Crippen LogP contribution in [0.5, 0.6) is 5.75 Å². The number of benzene rings is 1. The highest BCUT2D eigenvalue weighted by atomic mass is 16.5. The molecule has 1 aromatic heterocycles. The lowest BCUT2D eigenvalue weighted by molar-refractivity contribution is 0.288. The third-order valence-electron chi connectivity index (χ3n) is 3.43. The largest absolute Gasteiger partial charge is 0.491 e. The molecule has 1 fully saturated rings. The number of ether oxygens (including phenoxy) is 1. The molecule has 2 aromatic rings. The zero-order valence-electron chi connectivity index (χ0n) is 11.0. The minimum absolute atomic E-state index is 0.504. The van der Waals surface area contributed by atoms with Crippen molar-refractivity contribution >= 4 is 0 Å². The van der Waals surface area contributed by atoms with Crippen LogP contribution in [-0.4, -0.2) is 16.4 Å². The van der Waals surface area contributed by atoms with Gasteiger partial charge in [-0.1, -0.05) is 18.2 Å². The summed E-state index contributed by atoms with van der Waals surface area (Å²) in [6, 6.07) is 10.0. The smallest absolute Gasteiger partial charge is 0.123 e. The molecule has 100 valence electrons. The van der Waals surface area contributed by atoms with Gasteiger partial charge in [-0.2, -0.15) is 5.10 Å². The molecule has 0 radical (unpaired) electrons. The molecule has 1 aromatic carbocycles. The SMILES string of the molecule is NCc1ccccc1OCCn1ccc(C2CC2)n1. The highest BCUT2D eigenvalue weighted by Gasteiger charge is 2.25. The number of rotatable bonds is 6. The molecule has 0 atom stereocenters. The van der Waals surface area contributed by atoms with Crippen LogP contribution in [0.2, 0.25) is 0 Å². The minimum atomic E-state index is 0.504. The van der Waals surface area contributed by atoms with Gasteiger partial charge < -0.3 is 10.5 Å². The fraction of sp³-hybridized carbons (Fsp3) is 0.400. The average molecular weight is 257 g/mol. The van der Waals surface area contributed by atoms with Crippen molar-refractivity contribution in [3.05, 3.63) is 47.8 Å². The van der Waals surface area contributed by atoms with Crippen LogP contribution < -0.4 is 10.5 Å². The quantitative estimate of drug-likeness (QED) is 0.864. The minimum Gasteiger partial charge on any atom is -0.491 e. The number of para-hydroxylation sites is 1. The van der Waals surface area contributed by atoms with Gasteiger partial charge in [0.2, 0.25) is 0 Å². The number of hydrogen-bond acceptors (Lipinski definition) is 3. The number of nitrogens with zero attached hydrogens (tertiary/aromatic N) is 2. The summed E-state index contributed by atoms with van der Waals surface area (Å²) in [6.45, 7) is 1.89.